The number of esters is 1. The summed E-state index contributed by atoms with van der Waals surface area (Å²) in [6.07, 6.45) is 6.25. The van der Waals surface area contributed by atoms with Gasteiger partial charge in [-0.25, -0.2) is 4.79 Å². The van der Waals surface area contributed by atoms with Crippen LogP contribution in [0.1, 0.15) is 6.92 Å². The quantitative estimate of drug-likeness (QED) is 0.668. The molecule has 7 nitrogen and oxygen atoms in total. The fourth-order valence-electron chi connectivity index (χ4n) is 2.87. The Balaban J connectivity index is 2.93. The fourth-order valence-corrected chi connectivity index (χ4v) is 2.87. The third kappa shape index (κ3) is 1.75. The van der Waals surface area contributed by atoms with Crippen molar-refractivity contribution >= 4 is 5.97 Å². The highest BCUT2D eigenvalue weighted by Gasteiger charge is 2.66. The van der Waals surface area contributed by atoms with Crippen molar-refractivity contribution in [2.75, 3.05) is 7.11 Å². The monoisotopic (exact) mass is 305 g/mol. The number of allylic oxidation sites excluding steroid dienone is 3. The number of nitriles is 4. The van der Waals surface area contributed by atoms with Crippen LogP contribution in [0.4, 0.5) is 0 Å². The number of ether oxygens (including phenoxy) is 1. The van der Waals surface area contributed by atoms with Crippen LogP contribution in [0.5, 0.6) is 0 Å². The molecule has 0 bridgehead atoms. The second kappa shape index (κ2) is 5.34. The second-order valence-electron chi connectivity index (χ2n) is 5.08. The molecule has 1 atom stereocenters. The standard InChI is InChI=1S/C16H11N5O2/c1-11-4-3-5-13-16(9-19,10-20)15(7-17,8-18)12(6-21(11)13)14(22)23-2/h3-6,13H,1-2H3. The molecule has 0 N–H and O–H groups in total. The Morgan fingerprint density at radius 3 is 2.30 bits per heavy atom. The Labute approximate surface area is 133 Å². The van der Waals surface area contributed by atoms with Gasteiger partial charge in [-0.3, -0.25) is 0 Å². The van der Waals surface area contributed by atoms with Gasteiger partial charge in [0.05, 0.1) is 43.0 Å². The zero-order valence-electron chi connectivity index (χ0n) is 12.4. The lowest BCUT2D eigenvalue weighted by molar-refractivity contribution is -0.137. The molecule has 2 heterocycles. The molecule has 0 saturated heterocycles. The van der Waals surface area contributed by atoms with Gasteiger partial charge in [-0.05, 0) is 13.0 Å². The summed E-state index contributed by atoms with van der Waals surface area (Å²) in [4.78, 5) is 13.7. The van der Waals surface area contributed by atoms with E-state index in [0.29, 0.717) is 5.70 Å². The first-order valence-electron chi connectivity index (χ1n) is 6.57. The molecule has 0 fully saturated rings. The molecule has 0 amide bonds. The molecule has 2 aliphatic rings. The van der Waals surface area contributed by atoms with Gasteiger partial charge in [-0.2, -0.15) is 21.0 Å². The molecule has 0 aromatic carbocycles. The van der Waals surface area contributed by atoms with Crippen molar-refractivity contribution in [3.05, 3.63) is 35.7 Å². The maximum absolute atomic E-state index is 12.1. The smallest absolute Gasteiger partial charge is 0.338 e. The van der Waals surface area contributed by atoms with E-state index in [4.69, 9.17) is 0 Å². The summed E-state index contributed by atoms with van der Waals surface area (Å²) >= 11 is 0. The molecule has 2 rings (SSSR count). The summed E-state index contributed by atoms with van der Waals surface area (Å²) in [5.41, 5.74) is -4.00. The lowest BCUT2D eigenvalue weighted by Gasteiger charge is -2.47. The second-order valence-corrected chi connectivity index (χ2v) is 5.08. The van der Waals surface area contributed by atoms with Crippen LogP contribution in [0.15, 0.2) is 35.7 Å². The van der Waals surface area contributed by atoms with Gasteiger partial charge in [-0.15, -0.1) is 0 Å². The van der Waals surface area contributed by atoms with Crippen molar-refractivity contribution in [3.63, 3.8) is 0 Å². The van der Waals surface area contributed by atoms with E-state index in [1.54, 1.807) is 37.3 Å². The van der Waals surface area contributed by atoms with E-state index >= 15 is 0 Å². The van der Waals surface area contributed by atoms with Crippen LogP contribution in [-0.4, -0.2) is 24.0 Å². The predicted octanol–water partition coefficient (Wildman–Crippen LogP) is 1.27. The first-order chi connectivity index (χ1) is 11.0. The molecule has 7 heteroatoms. The van der Waals surface area contributed by atoms with Crippen molar-refractivity contribution in [1.82, 2.24) is 4.90 Å². The molecule has 0 aromatic rings. The Morgan fingerprint density at radius 1 is 1.22 bits per heavy atom. The Bertz CT molecular complexity index is 794. The van der Waals surface area contributed by atoms with Gasteiger partial charge in [-0.1, -0.05) is 12.2 Å². The normalized spacial score (nSPS) is 22.9. The van der Waals surface area contributed by atoms with Crippen molar-refractivity contribution in [3.8, 4) is 24.3 Å². The number of rotatable bonds is 1. The van der Waals surface area contributed by atoms with Gasteiger partial charge >= 0.3 is 5.97 Å². The summed E-state index contributed by atoms with van der Waals surface area (Å²) in [7, 11) is 1.11. The van der Waals surface area contributed by atoms with Gasteiger partial charge in [0, 0.05) is 11.9 Å². The zero-order chi connectivity index (χ0) is 17.3. The molecule has 23 heavy (non-hydrogen) atoms. The number of carbonyl (C=O) groups excluding carboxylic acids is 1. The van der Waals surface area contributed by atoms with E-state index in [1.165, 1.54) is 11.1 Å². The minimum atomic E-state index is -2.26. The average molecular weight is 305 g/mol. The van der Waals surface area contributed by atoms with Crippen molar-refractivity contribution < 1.29 is 9.53 Å². The third-order valence-corrected chi connectivity index (χ3v) is 4.14. The van der Waals surface area contributed by atoms with E-state index in [0.717, 1.165) is 7.11 Å². The van der Waals surface area contributed by atoms with Gasteiger partial charge in [0.15, 0.2) is 0 Å². The highest BCUT2D eigenvalue weighted by atomic mass is 16.5. The number of methoxy groups -OCH3 is 1. The van der Waals surface area contributed by atoms with E-state index in [1.807, 2.05) is 12.1 Å². The molecule has 0 radical (unpaired) electrons. The van der Waals surface area contributed by atoms with Crippen LogP contribution < -0.4 is 0 Å². The van der Waals surface area contributed by atoms with Gasteiger partial charge in [0.25, 0.3) is 0 Å². The average Bonchev–Trinajstić information content (AvgIpc) is 2.59. The molecule has 2 aliphatic heterocycles. The minimum absolute atomic E-state index is 0.326. The highest BCUT2D eigenvalue weighted by molar-refractivity contribution is 5.93. The first-order valence-corrected chi connectivity index (χ1v) is 6.57. The molecular weight excluding hydrogens is 294 g/mol. The maximum atomic E-state index is 12.1. The number of fused-ring (bicyclic) bond motifs is 1. The molecular formula is C16H11N5O2. The van der Waals surface area contributed by atoms with Crippen LogP contribution in [-0.2, 0) is 9.53 Å². The number of nitrogens with zero attached hydrogens (tertiary/aromatic N) is 5. The van der Waals surface area contributed by atoms with E-state index in [2.05, 4.69) is 4.74 Å². The van der Waals surface area contributed by atoms with Crippen molar-refractivity contribution in [2.45, 2.75) is 13.0 Å². The van der Waals surface area contributed by atoms with Crippen LogP contribution in [0, 0.1) is 56.2 Å². The summed E-state index contributed by atoms with van der Waals surface area (Å²) in [5.74, 6) is -0.927. The lowest BCUT2D eigenvalue weighted by Crippen LogP contribution is -2.58. The summed E-state index contributed by atoms with van der Waals surface area (Å²) in [6, 6.07) is 6.20. The summed E-state index contributed by atoms with van der Waals surface area (Å²) in [5, 5.41) is 38.7. The Hall–Kier alpha value is -3.55. The lowest BCUT2D eigenvalue weighted by atomic mass is 9.56. The van der Waals surface area contributed by atoms with Gasteiger partial charge < -0.3 is 9.64 Å². The SMILES string of the molecule is COC(=O)C1=CN2C(C)=CC=CC2C(C#N)(C#N)C1(C#N)C#N. The maximum Gasteiger partial charge on any atom is 0.338 e. The van der Waals surface area contributed by atoms with Gasteiger partial charge in [0.1, 0.15) is 0 Å². The Kier molecular flexibility index (Phi) is 3.67. The van der Waals surface area contributed by atoms with E-state index in [-0.39, 0.29) is 5.57 Å². The number of hydrogen-bond acceptors (Lipinski definition) is 7. The number of carbonyl (C=O) groups is 1. The topological polar surface area (TPSA) is 125 Å². The molecule has 0 spiro atoms. The highest BCUT2D eigenvalue weighted by Crippen LogP contribution is 2.53. The van der Waals surface area contributed by atoms with E-state index < -0.39 is 22.8 Å². The van der Waals surface area contributed by atoms with Gasteiger partial charge in [0.2, 0.25) is 10.8 Å². The first kappa shape index (κ1) is 15.8. The molecule has 0 aliphatic carbocycles. The van der Waals surface area contributed by atoms with Crippen LogP contribution in [0.3, 0.4) is 0 Å². The molecule has 0 saturated carbocycles. The van der Waals surface area contributed by atoms with Crippen molar-refractivity contribution in [2.24, 2.45) is 10.8 Å². The zero-order valence-corrected chi connectivity index (χ0v) is 12.4. The van der Waals surface area contributed by atoms with E-state index in [9.17, 15) is 25.8 Å². The molecule has 0 aromatic heterocycles. The third-order valence-electron chi connectivity index (χ3n) is 4.14. The Morgan fingerprint density at radius 2 is 1.83 bits per heavy atom. The fraction of sp³-hybridized carbons (Fsp3) is 0.312. The molecule has 1 unspecified atom stereocenters. The number of hydrogen-bond donors (Lipinski definition) is 0. The summed E-state index contributed by atoms with van der Waals surface area (Å²) in [6.45, 7) is 1.73. The minimum Gasteiger partial charge on any atom is -0.466 e. The van der Waals surface area contributed by atoms with Crippen LogP contribution in [0.25, 0.3) is 0 Å². The van der Waals surface area contributed by atoms with Crippen molar-refractivity contribution in [1.29, 1.82) is 21.0 Å². The predicted molar refractivity (Wildman–Crippen MR) is 75.9 cm³/mol. The largest absolute Gasteiger partial charge is 0.466 e. The van der Waals surface area contributed by atoms with Crippen LogP contribution >= 0.6 is 0 Å². The van der Waals surface area contributed by atoms with Crippen LogP contribution in [0.2, 0.25) is 0 Å². The summed E-state index contributed by atoms with van der Waals surface area (Å²) < 4.78 is 4.65. The molecule has 112 valence electrons.